The van der Waals surface area contributed by atoms with Crippen LogP contribution in [0.4, 0.5) is 0 Å². The molecule has 116 valence electrons. The highest BCUT2D eigenvalue weighted by molar-refractivity contribution is 7.80. The molecule has 0 radical (unpaired) electrons. The highest BCUT2D eigenvalue weighted by Crippen LogP contribution is 2.27. The van der Waals surface area contributed by atoms with Crippen LogP contribution >= 0.6 is 12.2 Å². The van der Waals surface area contributed by atoms with Crippen LogP contribution in [0.1, 0.15) is 24.8 Å². The first kappa shape index (κ1) is 17.2. The summed E-state index contributed by atoms with van der Waals surface area (Å²) in [4.78, 5) is 12.3. The lowest BCUT2D eigenvalue weighted by molar-refractivity contribution is -0.120. The Morgan fingerprint density at radius 1 is 1.24 bits per heavy atom. The Kier molecular flexibility index (Phi) is 7.53. The van der Waals surface area contributed by atoms with Crippen molar-refractivity contribution in [3.05, 3.63) is 23.8 Å². The third-order valence-electron chi connectivity index (χ3n) is 2.98. The van der Waals surface area contributed by atoms with Crippen molar-refractivity contribution < 1.29 is 14.3 Å². The van der Waals surface area contributed by atoms with E-state index in [-0.39, 0.29) is 5.91 Å². The number of thiocarbonyl (C=S) groups is 1. The molecule has 0 bridgehead atoms. The monoisotopic (exact) mass is 310 g/mol. The van der Waals surface area contributed by atoms with E-state index < -0.39 is 0 Å². The maximum atomic E-state index is 11.8. The number of benzene rings is 1. The summed E-state index contributed by atoms with van der Waals surface area (Å²) in [6.45, 7) is 0.634. The number of carbonyl (C=O) groups is 1. The molecule has 0 aliphatic rings. The first-order valence-electron chi connectivity index (χ1n) is 6.82. The maximum absolute atomic E-state index is 11.8. The molecular formula is C15H22N2O3S. The lowest BCUT2D eigenvalue weighted by Gasteiger charge is -2.10. The van der Waals surface area contributed by atoms with E-state index in [0.717, 1.165) is 24.8 Å². The van der Waals surface area contributed by atoms with Crippen LogP contribution in [0.5, 0.6) is 11.5 Å². The molecular weight excluding hydrogens is 288 g/mol. The number of amides is 1. The number of nitrogens with one attached hydrogen (secondary N) is 1. The molecule has 0 aliphatic heterocycles. The van der Waals surface area contributed by atoms with Gasteiger partial charge >= 0.3 is 0 Å². The Bertz CT molecular complexity index is 492. The minimum atomic E-state index is -0.0162. The summed E-state index contributed by atoms with van der Waals surface area (Å²) in [5, 5.41) is 2.88. The number of ether oxygens (including phenoxy) is 2. The Balaban J connectivity index is 2.39. The zero-order valence-corrected chi connectivity index (χ0v) is 13.3. The molecule has 3 N–H and O–H groups in total. The van der Waals surface area contributed by atoms with Gasteiger partial charge in [-0.2, -0.15) is 0 Å². The van der Waals surface area contributed by atoms with Gasteiger partial charge in [0.25, 0.3) is 0 Å². The van der Waals surface area contributed by atoms with E-state index >= 15 is 0 Å². The van der Waals surface area contributed by atoms with Crippen LogP contribution in [0.25, 0.3) is 0 Å². The van der Waals surface area contributed by atoms with E-state index in [1.54, 1.807) is 20.3 Å². The first-order chi connectivity index (χ1) is 10.1. The Labute approximate surface area is 130 Å². The van der Waals surface area contributed by atoms with Crippen LogP contribution in [0.2, 0.25) is 0 Å². The molecule has 0 aliphatic carbocycles. The van der Waals surface area contributed by atoms with Crippen LogP contribution in [0.3, 0.4) is 0 Å². The summed E-state index contributed by atoms with van der Waals surface area (Å²) in [5.41, 5.74) is 6.29. The van der Waals surface area contributed by atoms with Gasteiger partial charge in [0, 0.05) is 6.54 Å². The van der Waals surface area contributed by atoms with Gasteiger partial charge < -0.3 is 20.5 Å². The van der Waals surface area contributed by atoms with E-state index in [2.05, 4.69) is 5.32 Å². The van der Waals surface area contributed by atoms with E-state index in [1.807, 2.05) is 12.1 Å². The van der Waals surface area contributed by atoms with Crippen molar-refractivity contribution in [2.75, 3.05) is 20.8 Å². The topological polar surface area (TPSA) is 73.6 Å². The zero-order chi connectivity index (χ0) is 15.7. The standard InChI is InChI=1S/C15H22N2O3S/c1-19-12-7-6-11(9-13(12)20-2)10-15(18)17-8-4-3-5-14(16)21/h6-7,9H,3-5,8,10H2,1-2H3,(H2,16,21)(H,17,18). The predicted octanol–water partition coefficient (Wildman–Crippen LogP) is 1.82. The molecule has 0 atom stereocenters. The van der Waals surface area contributed by atoms with Crippen molar-refractivity contribution in [3.63, 3.8) is 0 Å². The van der Waals surface area contributed by atoms with Gasteiger partial charge in [0.2, 0.25) is 5.91 Å². The second-order valence-electron chi connectivity index (χ2n) is 4.64. The fourth-order valence-corrected chi connectivity index (χ4v) is 2.03. The minimum Gasteiger partial charge on any atom is -0.493 e. The van der Waals surface area contributed by atoms with Crippen molar-refractivity contribution in [3.8, 4) is 11.5 Å². The summed E-state index contributed by atoms with van der Waals surface area (Å²) >= 11 is 4.80. The van der Waals surface area contributed by atoms with Gasteiger partial charge in [-0.25, -0.2) is 0 Å². The molecule has 1 rings (SSSR count). The maximum Gasteiger partial charge on any atom is 0.224 e. The fourth-order valence-electron chi connectivity index (χ4n) is 1.89. The molecule has 1 amide bonds. The molecule has 5 nitrogen and oxygen atoms in total. The number of rotatable bonds is 9. The van der Waals surface area contributed by atoms with E-state index in [4.69, 9.17) is 27.4 Å². The number of nitrogens with two attached hydrogens (primary N) is 1. The summed E-state index contributed by atoms with van der Waals surface area (Å²) in [6, 6.07) is 5.46. The average Bonchev–Trinajstić information content (AvgIpc) is 2.46. The van der Waals surface area contributed by atoms with Crippen LogP contribution in [-0.4, -0.2) is 31.7 Å². The van der Waals surface area contributed by atoms with Crippen LogP contribution in [-0.2, 0) is 11.2 Å². The molecule has 1 aromatic rings. The third-order valence-corrected chi connectivity index (χ3v) is 3.19. The molecule has 0 saturated heterocycles. The zero-order valence-electron chi connectivity index (χ0n) is 12.5. The summed E-state index contributed by atoms with van der Waals surface area (Å²) in [5.74, 6) is 1.26. The second kappa shape index (κ2) is 9.18. The lowest BCUT2D eigenvalue weighted by Crippen LogP contribution is -2.26. The normalized spacial score (nSPS) is 10.0. The molecule has 6 heteroatoms. The largest absolute Gasteiger partial charge is 0.493 e. The van der Waals surface area contributed by atoms with Crippen LogP contribution in [0, 0.1) is 0 Å². The molecule has 0 fully saturated rings. The van der Waals surface area contributed by atoms with Crippen molar-refractivity contribution >= 4 is 23.1 Å². The average molecular weight is 310 g/mol. The fraction of sp³-hybridized carbons (Fsp3) is 0.467. The van der Waals surface area contributed by atoms with Crippen LogP contribution < -0.4 is 20.5 Å². The van der Waals surface area contributed by atoms with Crippen molar-refractivity contribution in [1.29, 1.82) is 0 Å². The van der Waals surface area contributed by atoms with Crippen LogP contribution in [0.15, 0.2) is 18.2 Å². The highest BCUT2D eigenvalue weighted by atomic mass is 32.1. The van der Waals surface area contributed by atoms with Crippen molar-refractivity contribution in [2.24, 2.45) is 5.73 Å². The van der Waals surface area contributed by atoms with E-state index in [1.165, 1.54) is 0 Å². The first-order valence-corrected chi connectivity index (χ1v) is 7.23. The highest BCUT2D eigenvalue weighted by Gasteiger charge is 2.08. The molecule has 0 unspecified atom stereocenters. The van der Waals surface area contributed by atoms with Crippen molar-refractivity contribution in [2.45, 2.75) is 25.7 Å². The number of hydrogen-bond donors (Lipinski definition) is 2. The summed E-state index contributed by atoms with van der Waals surface area (Å²) in [6.07, 6.45) is 2.80. The van der Waals surface area contributed by atoms with Gasteiger partial charge in [0.05, 0.1) is 25.6 Å². The molecule has 1 aromatic carbocycles. The Morgan fingerprint density at radius 3 is 2.57 bits per heavy atom. The SMILES string of the molecule is COc1ccc(CC(=O)NCCCCC(N)=S)cc1OC. The number of methoxy groups -OCH3 is 2. The molecule has 21 heavy (non-hydrogen) atoms. The summed E-state index contributed by atoms with van der Waals surface area (Å²) < 4.78 is 10.4. The molecule has 0 aromatic heterocycles. The van der Waals surface area contributed by atoms with Gasteiger partial charge in [-0.05, 0) is 37.0 Å². The Hall–Kier alpha value is -1.82. The van der Waals surface area contributed by atoms with Gasteiger partial charge in [0.15, 0.2) is 11.5 Å². The molecule has 0 saturated carbocycles. The smallest absolute Gasteiger partial charge is 0.224 e. The van der Waals surface area contributed by atoms with Crippen molar-refractivity contribution in [1.82, 2.24) is 5.32 Å². The molecule has 0 spiro atoms. The molecule has 0 heterocycles. The number of unbranched alkanes of at least 4 members (excludes halogenated alkanes) is 1. The summed E-state index contributed by atoms with van der Waals surface area (Å²) in [7, 11) is 3.15. The minimum absolute atomic E-state index is 0.0162. The predicted molar refractivity (Wildman–Crippen MR) is 86.9 cm³/mol. The van der Waals surface area contributed by atoms with Gasteiger partial charge in [-0.1, -0.05) is 18.3 Å². The number of carbonyl (C=O) groups excluding carboxylic acids is 1. The van der Waals surface area contributed by atoms with E-state index in [0.29, 0.717) is 29.5 Å². The van der Waals surface area contributed by atoms with Gasteiger partial charge in [-0.15, -0.1) is 0 Å². The van der Waals surface area contributed by atoms with Gasteiger partial charge in [0.1, 0.15) is 0 Å². The lowest BCUT2D eigenvalue weighted by atomic mass is 10.1. The van der Waals surface area contributed by atoms with E-state index in [9.17, 15) is 4.79 Å². The third kappa shape index (κ3) is 6.44. The van der Waals surface area contributed by atoms with Gasteiger partial charge in [-0.3, -0.25) is 4.79 Å². The quantitative estimate of drug-likeness (QED) is 0.537. The number of hydrogen-bond acceptors (Lipinski definition) is 4. The Morgan fingerprint density at radius 2 is 1.95 bits per heavy atom. The second-order valence-corrected chi connectivity index (χ2v) is 5.16.